The van der Waals surface area contributed by atoms with E-state index in [9.17, 15) is 44.7 Å². The second-order valence-electron chi connectivity index (χ2n) is 37.4. The average Bonchev–Trinajstić information content (AvgIpc) is 1.64. The molecule has 47 heteroatoms. The molecule has 15 heterocycles. The number of aliphatic hydroxyl groups excluding tert-OH is 1. The van der Waals surface area contributed by atoms with E-state index in [1.54, 1.807) is 149 Å². The van der Waals surface area contributed by atoms with E-state index >= 15 is 0 Å². The predicted octanol–water partition coefficient (Wildman–Crippen LogP) is 15.2. The summed E-state index contributed by atoms with van der Waals surface area (Å²) in [6.45, 7) is 33.6. The molecule has 43 nitrogen and oxygen atoms in total. The van der Waals surface area contributed by atoms with E-state index in [0.717, 1.165) is 150 Å². The lowest BCUT2D eigenvalue weighted by Gasteiger charge is -2.26. The number of urea groups is 4. The van der Waals surface area contributed by atoms with Gasteiger partial charge >= 0.3 is 24.1 Å². The van der Waals surface area contributed by atoms with Gasteiger partial charge in [-0.2, -0.15) is 0 Å². The molecule has 3 saturated heterocycles. The summed E-state index contributed by atoms with van der Waals surface area (Å²) in [7, 11) is 0. The quantitative estimate of drug-likeness (QED) is 0.0199. The number of hydrogen-bond acceptors (Lipinski definition) is 39. The highest BCUT2D eigenvalue weighted by molar-refractivity contribution is 7.24. The Bertz CT molecular complexity index is 7170. The topological polar surface area (TPSA) is 566 Å². The molecule has 2 atom stereocenters. The van der Waals surface area contributed by atoms with Gasteiger partial charge in [0.15, 0.2) is 55.5 Å². The number of thiazole rings is 4. The van der Waals surface area contributed by atoms with Crippen LogP contribution < -0.4 is 52.6 Å². The Morgan fingerprint density at radius 3 is 1.19 bits per heavy atom. The zero-order valence-electron chi connectivity index (χ0n) is 85.1. The number of nitrogens with one attached hydrogen (secondary N) is 9. The van der Waals surface area contributed by atoms with E-state index in [-0.39, 0.29) is 30.2 Å². The van der Waals surface area contributed by atoms with Gasteiger partial charge < -0.3 is 71.1 Å². The van der Waals surface area contributed by atoms with Crippen LogP contribution in [0.5, 0.6) is 5.75 Å². The van der Waals surface area contributed by atoms with Crippen LogP contribution in [0, 0.1) is 0 Å². The SMILES string of the molecule is CCNC(=O)Nc1nc2cc(-c3cnc(C(C)(C)O)nc3)cc(-c3cncc(CN4CCOCC4)n3)c2s1.CCNC(=O)Nc1nc2cc(-c3cnc(C(C)(C)O)nc3)cc(-c3nccc(CN4CCOCC4)n3)c2s1.CCNC(=O)Nc1nc2cc(-c3cnc(C(C)(C)O)nc3)cc(-c3nccc(NCC(C)(C)O)n3)c2s1.CCNC(=O)Nc1nc2cc(-c3cnc(C(C)O)nc3)cc(-c3cc(OCC4CCCO4)ccn3)c2s1. The second-order valence-corrected chi connectivity index (χ2v) is 41.4. The first-order valence-electron chi connectivity index (χ1n) is 48.9. The van der Waals surface area contributed by atoms with Crippen molar-refractivity contribution in [3.63, 3.8) is 0 Å². The zero-order valence-corrected chi connectivity index (χ0v) is 88.3. The van der Waals surface area contributed by atoms with Crippen molar-refractivity contribution in [2.45, 2.75) is 151 Å². The number of rotatable bonds is 30. The van der Waals surface area contributed by atoms with Crippen molar-refractivity contribution in [1.29, 1.82) is 0 Å². The van der Waals surface area contributed by atoms with Crippen LogP contribution in [0.25, 0.3) is 131 Å². The largest absolute Gasteiger partial charge is 0.491 e. The van der Waals surface area contributed by atoms with Gasteiger partial charge in [0.25, 0.3) is 0 Å². The fourth-order valence-corrected chi connectivity index (χ4v) is 19.6. The number of pyridine rings is 1. The van der Waals surface area contributed by atoms with Gasteiger partial charge in [-0.15, -0.1) is 0 Å². The Balaban J connectivity index is 0.000000142. The highest BCUT2D eigenvalue weighted by Crippen LogP contribution is 2.44. The number of carbonyl (C=O) groups excluding carboxylic acids is 4. The van der Waals surface area contributed by atoms with Crippen LogP contribution in [0.3, 0.4) is 0 Å². The minimum Gasteiger partial charge on any atom is -0.491 e. The van der Waals surface area contributed by atoms with Crippen LogP contribution in [-0.4, -0.2) is 264 Å². The molecule has 150 heavy (non-hydrogen) atoms. The second kappa shape index (κ2) is 48.8. The van der Waals surface area contributed by atoms with Crippen LogP contribution in [0.2, 0.25) is 0 Å². The van der Waals surface area contributed by atoms with Gasteiger partial charge in [0.05, 0.1) is 108 Å². The summed E-state index contributed by atoms with van der Waals surface area (Å²) in [6, 6.07) is 21.7. The van der Waals surface area contributed by atoms with E-state index in [1.165, 1.54) is 45.3 Å². The molecule has 12 aromatic heterocycles. The molecule has 0 spiro atoms. The summed E-state index contributed by atoms with van der Waals surface area (Å²) in [4.78, 5) is 139. The molecule has 3 aliphatic heterocycles. The third-order valence-electron chi connectivity index (χ3n) is 23.1. The van der Waals surface area contributed by atoms with Gasteiger partial charge in [-0.3, -0.25) is 41.0 Å². The van der Waals surface area contributed by atoms with E-state index in [2.05, 4.69) is 142 Å². The minimum atomic E-state index is -1.16. The Kier molecular flexibility index (Phi) is 35.2. The van der Waals surface area contributed by atoms with Gasteiger partial charge in [-0.05, 0) is 192 Å². The molecule has 8 amide bonds. The predicted molar refractivity (Wildman–Crippen MR) is 577 cm³/mol. The normalized spacial score (nSPS) is 14.3. The molecule has 0 saturated carbocycles. The van der Waals surface area contributed by atoms with E-state index < -0.39 is 28.5 Å². The average molecular weight is 2110 g/mol. The molecule has 0 bridgehead atoms. The van der Waals surface area contributed by atoms with Crippen molar-refractivity contribution in [3.8, 4) is 95.5 Å². The lowest BCUT2D eigenvalue weighted by molar-refractivity contribution is 0.0335. The fraction of sp³-hybridized carbons (Fsp3) is 0.369. The van der Waals surface area contributed by atoms with Crippen LogP contribution >= 0.6 is 45.3 Å². The number of amides is 8. The molecule has 0 aliphatic carbocycles. The molecule has 0 radical (unpaired) electrons. The van der Waals surface area contributed by atoms with E-state index in [1.807, 2.05) is 94.4 Å². The number of anilines is 5. The third kappa shape index (κ3) is 28.7. The van der Waals surface area contributed by atoms with Crippen LogP contribution in [0.15, 0.2) is 153 Å². The number of morpholine rings is 2. The van der Waals surface area contributed by atoms with Crippen molar-refractivity contribution in [2.24, 2.45) is 0 Å². The Morgan fingerprint density at radius 2 is 0.800 bits per heavy atom. The van der Waals surface area contributed by atoms with Crippen molar-refractivity contribution in [3.05, 3.63) is 188 Å². The van der Waals surface area contributed by atoms with Crippen LogP contribution in [0.4, 0.5) is 45.5 Å². The number of fused-ring (bicyclic) bond motifs is 4. The van der Waals surface area contributed by atoms with Gasteiger partial charge in [-0.1, -0.05) is 45.3 Å². The van der Waals surface area contributed by atoms with Gasteiger partial charge in [-0.25, -0.2) is 104 Å². The fourth-order valence-electron chi connectivity index (χ4n) is 15.7. The molecule has 3 fully saturated rings. The first kappa shape index (κ1) is 108. The van der Waals surface area contributed by atoms with Gasteiger partial charge in [0, 0.05) is 204 Å². The molecular formula is C103H118N30O13S4. The molecule has 4 aromatic carbocycles. The Morgan fingerprint density at radius 1 is 0.420 bits per heavy atom. The highest BCUT2D eigenvalue weighted by Gasteiger charge is 2.29. The molecule has 3 aliphatic rings. The standard InChI is InChI=1S/2C26H30N8O3S.C26H28N6O4S.C25H30N8O3S/c1-4-28-24(35)33-25-32-20-10-16(17-11-29-23(30-12-17)26(2,3)36)9-19(22(20)38-25)21-14-27-13-18(31-21)15-34-5-7-37-8-6-34;1-4-27-24(35)33-25-32-20-12-16(17-13-29-23(30-14-17)26(2,3)36)11-19(21(20)38-25)22-28-6-5-18(31-22)15-34-7-9-37-10-8-34;1-3-27-25(34)32-26-31-22-10-16(17-12-29-24(15(2)33)30-13-17)9-20(23(22)37-26)21-11-18(6-7-28-21)36-14-19-5-4-8-35-19;1-6-26-22(34)33-23-31-17-10-14(15-11-28-21(29-12-15)25(4,5)36)9-16(19(17)37-23)20-27-8-7-18(32-20)30-13-24(2,3)35/h9-14,36H,4-8,15H2,1-3H3,(H2,28,32,33,35);5-6,11-14,36H,4,7-10,15H2,1-3H3,(H2,27,32,33,35);6-7,9-13,15,19,33H,3-5,8,14H2,1-2H3,(H2,27,31,32,34);7-12,35-36H,6,13H2,1-5H3,(H,27,30,32)(H2,26,31,33,34). The molecule has 14 N–H and O–H groups in total. The van der Waals surface area contributed by atoms with Gasteiger partial charge in [0.1, 0.15) is 41.1 Å². The van der Waals surface area contributed by atoms with Crippen molar-refractivity contribution in [1.82, 2.24) is 126 Å². The number of benzene rings is 4. The zero-order chi connectivity index (χ0) is 106. The van der Waals surface area contributed by atoms with E-state index in [0.29, 0.717) is 172 Å². The van der Waals surface area contributed by atoms with Crippen molar-refractivity contribution in [2.75, 3.05) is 125 Å². The summed E-state index contributed by atoms with van der Waals surface area (Å²) in [6.07, 6.45) is 23.5. The van der Waals surface area contributed by atoms with Gasteiger partial charge in [0.2, 0.25) is 0 Å². The summed E-state index contributed by atoms with van der Waals surface area (Å²) in [5.74, 6) is 3.64. The maximum Gasteiger partial charge on any atom is 0.321 e. The molecule has 19 rings (SSSR count). The molecular weight excluding hydrogens is 1990 g/mol. The summed E-state index contributed by atoms with van der Waals surface area (Å²) < 4.78 is 26.0. The number of nitrogens with zero attached hydrogens (tertiary/aromatic N) is 21. The lowest BCUT2D eigenvalue weighted by Crippen LogP contribution is -2.35. The van der Waals surface area contributed by atoms with Crippen molar-refractivity contribution < 1.29 is 63.7 Å². The number of aromatic nitrogens is 19. The smallest absolute Gasteiger partial charge is 0.321 e. The highest BCUT2D eigenvalue weighted by atomic mass is 32.1. The number of aliphatic hydroxyl groups is 5. The first-order valence-corrected chi connectivity index (χ1v) is 52.2. The molecule has 2 unspecified atom stereocenters. The first-order chi connectivity index (χ1) is 72.0. The summed E-state index contributed by atoms with van der Waals surface area (Å²) in [5.41, 5.74) is 11.1. The molecule has 16 aromatic rings. The maximum absolute atomic E-state index is 12.2. The van der Waals surface area contributed by atoms with Crippen LogP contribution in [-0.2, 0) is 44.1 Å². The monoisotopic (exact) mass is 2110 g/mol. The number of ether oxygens (including phenoxy) is 4. The van der Waals surface area contributed by atoms with Crippen LogP contribution in [0.1, 0.15) is 144 Å². The van der Waals surface area contributed by atoms with E-state index in [4.69, 9.17) is 28.9 Å². The number of carbonyl (C=O) groups is 4. The minimum absolute atomic E-state index is 0.112. The number of hydrogen-bond donors (Lipinski definition) is 14. The lowest BCUT2D eigenvalue weighted by atomic mass is 10.0. The van der Waals surface area contributed by atoms with Crippen molar-refractivity contribution >= 4 is 137 Å². The molecule has 782 valence electrons. The summed E-state index contributed by atoms with van der Waals surface area (Å²) in [5, 5.41) is 77.6. The Labute approximate surface area is 879 Å². The maximum atomic E-state index is 12.2. The summed E-state index contributed by atoms with van der Waals surface area (Å²) >= 11 is 5.44. The Hall–Kier alpha value is -14.6. The third-order valence-corrected chi connectivity index (χ3v) is 27.2.